The standard InChI is InChI=1S/C17H20O3/c1-5-6-7-9-13(2)17-12-16(18)15(14(3)20-17)10-8-11-19-4/h5-11,17H,2-3,12H2,1,4H3/b6-5+,9-7-,11-8+,15-10+. The summed E-state index contributed by atoms with van der Waals surface area (Å²) in [5.41, 5.74) is 1.23. The van der Waals surface area contributed by atoms with Crippen LogP contribution in [0.3, 0.4) is 0 Å². The topological polar surface area (TPSA) is 35.5 Å². The largest absolute Gasteiger partial charge is 0.504 e. The third-order valence-electron chi connectivity index (χ3n) is 2.76. The molecule has 3 heteroatoms. The molecule has 1 heterocycles. The highest BCUT2D eigenvalue weighted by atomic mass is 16.5. The maximum Gasteiger partial charge on any atom is 0.170 e. The van der Waals surface area contributed by atoms with Gasteiger partial charge in [-0.25, -0.2) is 0 Å². The number of hydrogen-bond donors (Lipinski definition) is 0. The third-order valence-corrected chi connectivity index (χ3v) is 2.76. The molecule has 0 aromatic heterocycles. The Hall–Kier alpha value is -2.29. The second kappa shape index (κ2) is 8.00. The van der Waals surface area contributed by atoms with Gasteiger partial charge in [0.25, 0.3) is 0 Å². The van der Waals surface area contributed by atoms with Crippen molar-refractivity contribution in [2.75, 3.05) is 7.11 Å². The van der Waals surface area contributed by atoms with Crippen molar-refractivity contribution in [2.24, 2.45) is 0 Å². The van der Waals surface area contributed by atoms with Gasteiger partial charge in [-0.3, -0.25) is 4.79 Å². The molecule has 0 saturated carbocycles. The third kappa shape index (κ3) is 4.43. The Bertz CT molecular complexity index is 484. The van der Waals surface area contributed by atoms with E-state index in [1.807, 2.05) is 31.2 Å². The smallest absolute Gasteiger partial charge is 0.170 e. The van der Waals surface area contributed by atoms with Gasteiger partial charge in [0.15, 0.2) is 5.78 Å². The van der Waals surface area contributed by atoms with Crippen LogP contribution in [-0.2, 0) is 14.3 Å². The molecule has 106 valence electrons. The lowest BCUT2D eigenvalue weighted by Crippen LogP contribution is -2.27. The van der Waals surface area contributed by atoms with Gasteiger partial charge in [-0.15, -0.1) is 0 Å². The van der Waals surface area contributed by atoms with Gasteiger partial charge >= 0.3 is 0 Å². The van der Waals surface area contributed by atoms with Crippen molar-refractivity contribution in [1.82, 2.24) is 0 Å². The highest BCUT2D eigenvalue weighted by Gasteiger charge is 2.28. The van der Waals surface area contributed by atoms with E-state index in [1.165, 1.54) is 6.26 Å². The van der Waals surface area contributed by atoms with Gasteiger partial charge in [0.1, 0.15) is 11.9 Å². The van der Waals surface area contributed by atoms with Crippen LogP contribution in [0.15, 0.2) is 72.8 Å². The SMILES string of the molecule is C=C1OC(C(=C)/C=C\C=C\C)CC(=O)/C1=C/C=C/OC. The Morgan fingerprint density at radius 3 is 2.75 bits per heavy atom. The molecule has 0 spiro atoms. The number of ether oxygens (including phenoxy) is 2. The fourth-order valence-electron chi connectivity index (χ4n) is 1.72. The van der Waals surface area contributed by atoms with E-state index in [0.29, 0.717) is 11.3 Å². The van der Waals surface area contributed by atoms with E-state index >= 15 is 0 Å². The quantitative estimate of drug-likeness (QED) is 0.435. The van der Waals surface area contributed by atoms with Gasteiger partial charge in [-0.2, -0.15) is 0 Å². The van der Waals surface area contributed by atoms with Crippen LogP contribution in [0, 0.1) is 0 Å². The maximum absolute atomic E-state index is 12.1. The molecule has 0 aromatic rings. The maximum atomic E-state index is 12.1. The second-order valence-corrected chi connectivity index (χ2v) is 4.26. The van der Waals surface area contributed by atoms with Gasteiger partial charge in [0, 0.05) is 0 Å². The van der Waals surface area contributed by atoms with Gasteiger partial charge in [-0.1, -0.05) is 37.5 Å². The molecule has 0 aliphatic carbocycles. The van der Waals surface area contributed by atoms with Crippen molar-refractivity contribution >= 4 is 5.78 Å². The van der Waals surface area contributed by atoms with Crippen molar-refractivity contribution in [3.63, 3.8) is 0 Å². The summed E-state index contributed by atoms with van der Waals surface area (Å²) < 4.78 is 10.4. The predicted molar refractivity (Wildman–Crippen MR) is 81.0 cm³/mol. The fraction of sp³-hybridized carbons (Fsp3) is 0.235. The van der Waals surface area contributed by atoms with E-state index < -0.39 is 0 Å². The summed E-state index contributed by atoms with van der Waals surface area (Å²) in [5.74, 6) is 0.361. The van der Waals surface area contributed by atoms with Crippen LogP contribution in [0.1, 0.15) is 13.3 Å². The average Bonchev–Trinajstić information content (AvgIpc) is 2.42. The van der Waals surface area contributed by atoms with E-state index in [2.05, 4.69) is 13.2 Å². The molecule has 1 atom stereocenters. The monoisotopic (exact) mass is 272 g/mol. The van der Waals surface area contributed by atoms with E-state index in [0.717, 1.165) is 5.57 Å². The highest BCUT2D eigenvalue weighted by Crippen LogP contribution is 2.27. The van der Waals surface area contributed by atoms with Gasteiger partial charge in [-0.05, 0) is 24.6 Å². The number of rotatable bonds is 5. The summed E-state index contributed by atoms with van der Waals surface area (Å²) in [6, 6.07) is 0. The molecule has 1 rings (SSSR count). The average molecular weight is 272 g/mol. The lowest BCUT2D eigenvalue weighted by molar-refractivity contribution is -0.119. The number of allylic oxidation sites excluding steroid dienone is 6. The Morgan fingerprint density at radius 2 is 2.15 bits per heavy atom. The van der Waals surface area contributed by atoms with Crippen LogP contribution in [0.5, 0.6) is 0 Å². The molecule has 1 aliphatic heterocycles. The molecular weight excluding hydrogens is 252 g/mol. The molecule has 20 heavy (non-hydrogen) atoms. The first-order valence-corrected chi connectivity index (χ1v) is 6.37. The Morgan fingerprint density at radius 1 is 1.40 bits per heavy atom. The Kier molecular flexibility index (Phi) is 6.30. The highest BCUT2D eigenvalue weighted by molar-refractivity contribution is 6.00. The molecule has 0 N–H and O–H groups in total. The Balaban J connectivity index is 2.76. The predicted octanol–water partition coefficient (Wildman–Crippen LogP) is 3.63. The van der Waals surface area contributed by atoms with Gasteiger partial charge in [0.05, 0.1) is 25.4 Å². The number of hydrogen-bond acceptors (Lipinski definition) is 3. The van der Waals surface area contributed by atoms with Gasteiger partial charge in [0.2, 0.25) is 0 Å². The first kappa shape index (κ1) is 15.8. The summed E-state index contributed by atoms with van der Waals surface area (Å²) in [7, 11) is 1.54. The minimum Gasteiger partial charge on any atom is -0.504 e. The van der Waals surface area contributed by atoms with Crippen molar-refractivity contribution in [3.05, 3.63) is 72.8 Å². The number of carbonyl (C=O) groups excluding carboxylic acids is 1. The van der Waals surface area contributed by atoms with Crippen LogP contribution < -0.4 is 0 Å². The minimum absolute atomic E-state index is 0.00686. The summed E-state index contributed by atoms with van der Waals surface area (Å²) >= 11 is 0. The summed E-state index contributed by atoms with van der Waals surface area (Å²) in [5, 5.41) is 0. The van der Waals surface area contributed by atoms with Crippen molar-refractivity contribution in [2.45, 2.75) is 19.4 Å². The van der Waals surface area contributed by atoms with Crippen LogP contribution in [0.25, 0.3) is 0 Å². The summed E-state index contributed by atoms with van der Waals surface area (Å²) in [4.78, 5) is 12.1. The molecule has 3 nitrogen and oxygen atoms in total. The molecule has 1 unspecified atom stereocenters. The number of ketones is 1. The van der Waals surface area contributed by atoms with E-state index in [-0.39, 0.29) is 18.3 Å². The molecular formula is C17H20O3. The van der Waals surface area contributed by atoms with Crippen LogP contribution in [-0.4, -0.2) is 19.0 Å². The number of carbonyl (C=O) groups is 1. The number of methoxy groups -OCH3 is 1. The normalized spacial score (nSPS) is 22.1. The molecule has 0 radical (unpaired) electrons. The van der Waals surface area contributed by atoms with E-state index in [9.17, 15) is 4.79 Å². The number of Topliss-reactive ketones (excluding diaryl/α,β-unsaturated/α-hetero) is 1. The van der Waals surface area contributed by atoms with E-state index in [1.54, 1.807) is 19.3 Å². The molecule has 0 amide bonds. The second-order valence-electron chi connectivity index (χ2n) is 4.26. The lowest BCUT2D eigenvalue weighted by atomic mass is 9.96. The molecule has 1 aliphatic rings. The minimum atomic E-state index is -0.347. The van der Waals surface area contributed by atoms with Crippen molar-refractivity contribution in [1.29, 1.82) is 0 Å². The zero-order valence-electron chi connectivity index (χ0n) is 12.0. The van der Waals surface area contributed by atoms with Crippen LogP contribution in [0.2, 0.25) is 0 Å². The van der Waals surface area contributed by atoms with Gasteiger partial charge < -0.3 is 9.47 Å². The first-order valence-electron chi connectivity index (χ1n) is 6.37. The zero-order chi connectivity index (χ0) is 15.0. The molecule has 0 aromatic carbocycles. The fourth-order valence-corrected chi connectivity index (χ4v) is 1.72. The van der Waals surface area contributed by atoms with Crippen LogP contribution in [0.4, 0.5) is 0 Å². The van der Waals surface area contributed by atoms with Crippen molar-refractivity contribution in [3.8, 4) is 0 Å². The molecule has 1 saturated heterocycles. The summed E-state index contributed by atoms with van der Waals surface area (Å²) in [6.45, 7) is 9.65. The van der Waals surface area contributed by atoms with Crippen LogP contribution >= 0.6 is 0 Å². The van der Waals surface area contributed by atoms with E-state index in [4.69, 9.17) is 9.47 Å². The lowest BCUT2D eigenvalue weighted by Gasteiger charge is -2.26. The zero-order valence-corrected chi connectivity index (χ0v) is 12.0. The summed E-state index contributed by atoms with van der Waals surface area (Å²) in [6.07, 6.45) is 12.2. The molecule has 0 bridgehead atoms. The Labute approximate surface area is 120 Å². The van der Waals surface area contributed by atoms with Crippen molar-refractivity contribution < 1.29 is 14.3 Å². The first-order chi connectivity index (χ1) is 9.60. The molecule has 1 fully saturated rings.